The molecule has 1 heterocycles. The number of Topliss-reactive ketones (excluding diaryl/α,β-unsaturated/α-hetero) is 5. The normalized spacial score (nSPS) is 25.2. The number of ether oxygens (including phenoxy) is 2. The molecule has 558 valence electrons. The van der Waals surface area contributed by atoms with Crippen molar-refractivity contribution in [2.24, 2.45) is 65.1 Å². The van der Waals surface area contributed by atoms with Gasteiger partial charge < -0.3 is 44.8 Å². The lowest BCUT2D eigenvalue weighted by Crippen LogP contribution is -2.53. The highest BCUT2D eigenvalue weighted by atomic mass is 16.5. The summed E-state index contributed by atoms with van der Waals surface area (Å²) in [5.41, 5.74) is 0. The van der Waals surface area contributed by atoms with Crippen molar-refractivity contribution in [1.29, 1.82) is 0 Å². The number of hydrogen-bond acceptors (Lipinski definition) is 15. The molecule has 6 amide bonds. The summed E-state index contributed by atoms with van der Waals surface area (Å²) in [6, 6.07) is -6.77. The van der Waals surface area contributed by atoms with E-state index in [1.165, 1.54) is 87.3 Å². The van der Waals surface area contributed by atoms with E-state index in [9.17, 15) is 62.6 Å². The molecule has 0 aliphatic carbocycles. The molecule has 21 heteroatoms. The fourth-order valence-corrected chi connectivity index (χ4v) is 12.7. The molecule has 1 rings (SSSR count). The van der Waals surface area contributed by atoms with Gasteiger partial charge in [0, 0.05) is 98.0 Å². The number of amides is 6. The fourth-order valence-electron chi connectivity index (χ4n) is 12.7. The van der Waals surface area contributed by atoms with Crippen LogP contribution < -0.4 is 10.6 Å². The van der Waals surface area contributed by atoms with Crippen LogP contribution in [0.2, 0.25) is 0 Å². The first-order valence-corrected chi connectivity index (χ1v) is 36.5. The van der Waals surface area contributed by atoms with Gasteiger partial charge in [0.15, 0.2) is 28.9 Å². The largest absolute Gasteiger partial charge is 0.466 e. The Morgan fingerprint density at radius 2 is 1.08 bits per heavy atom. The van der Waals surface area contributed by atoms with Crippen molar-refractivity contribution in [1.82, 2.24) is 30.2 Å². The first-order chi connectivity index (χ1) is 45.1. The molecule has 0 unspecified atom stereocenters. The van der Waals surface area contributed by atoms with Crippen molar-refractivity contribution in [3.63, 3.8) is 0 Å². The number of carbonyl (C=O) groups excluding carboxylic acids is 12. The summed E-state index contributed by atoms with van der Waals surface area (Å²) in [4.78, 5) is 176. The Morgan fingerprint density at radius 1 is 0.557 bits per heavy atom. The number of likely N-dealkylation sites (N-methyl/N-ethyl adjacent to an activating group) is 4. The number of rotatable bonds is 24. The summed E-state index contributed by atoms with van der Waals surface area (Å²) >= 11 is 0. The lowest BCUT2D eigenvalue weighted by molar-refractivity contribution is -0.148. The van der Waals surface area contributed by atoms with Crippen molar-refractivity contribution < 1.29 is 72.1 Å². The van der Waals surface area contributed by atoms with Crippen LogP contribution in [0.5, 0.6) is 0 Å². The highest BCUT2D eigenvalue weighted by Crippen LogP contribution is 2.30. The highest BCUT2D eigenvalue weighted by molar-refractivity contribution is 5.99. The summed E-state index contributed by atoms with van der Waals surface area (Å²) in [7, 11) is 5.85. The number of aliphatic hydroxyl groups is 1. The van der Waals surface area contributed by atoms with E-state index in [0.29, 0.717) is 19.3 Å². The number of esters is 1. The zero-order valence-corrected chi connectivity index (χ0v) is 64.5. The van der Waals surface area contributed by atoms with Gasteiger partial charge in [-0.2, -0.15) is 0 Å². The molecule has 0 spiro atoms. The van der Waals surface area contributed by atoms with E-state index >= 15 is 0 Å². The Morgan fingerprint density at radius 3 is 1.58 bits per heavy atom. The predicted octanol–water partition coefficient (Wildman–Crippen LogP) is 10.8. The lowest BCUT2D eigenvalue weighted by atomic mass is 9.82. The van der Waals surface area contributed by atoms with Crippen molar-refractivity contribution in [3.05, 3.63) is 12.2 Å². The Balaban J connectivity index is 0.0000108. The SMILES string of the molecule is C/C=C/C[C@@H](C)[C@@H](O)[C@@H]1CC(=O)[C@H](C(C)C)N(C)C(=O)[C@H](CC(C)C)CC(=O)[C@H](CC(C)C)N(C)C(=O)[C@@H](C)NC(=O)[C@H](C)CC(=O)[C@H](CC(C)C)N(C)C(=O)[C@H](C(C)C)CC(=O)[C@H]([C@@H](C)OCCCCOC(C)=O)N(C)C(=O)CCC(=O)[C@H](CC)NC1=O.CCCCCC(C)C. The van der Waals surface area contributed by atoms with Crippen molar-refractivity contribution >= 4 is 70.3 Å². The highest BCUT2D eigenvalue weighted by Gasteiger charge is 2.43. The Kier molecular flexibility index (Phi) is 43.9. The van der Waals surface area contributed by atoms with E-state index in [4.69, 9.17) is 9.47 Å². The molecule has 1 aliphatic rings. The number of ketones is 5. The minimum absolute atomic E-state index is 0.0719. The first kappa shape index (κ1) is 91.3. The van der Waals surface area contributed by atoms with Crippen molar-refractivity contribution in [2.45, 2.75) is 296 Å². The molecule has 0 bridgehead atoms. The van der Waals surface area contributed by atoms with E-state index in [1.807, 2.05) is 54.5 Å². The van der Waals surface area contributed by atoms with E-state index in [0.717, 1.165) is 5.92 Å². The van der Waals surface area contributed by atoms with Gasteiger partial charge in [0.2, 0.25) is 35.4 Å². The smallest absolute Gasteiger partial charge is 0.302 e. The van der Waals surface area contributed by atoms with Gasteiger partial charge in [-0.1, -0.05) is 149 Å². The maximum atomic E-state index is 14.9. The molecule has 13 atom stereocenters. The van der Waals surface area contributed by atoms with Gasteiger partial charge in [-0.3, -0.25) is 57.5 Å². The van der Waals surface area contributed by atoms with Gasteiger partial charge in [-0.25, -0.2) is 0 Å². The van der Waals surface area contributed by atoms with Crippen LogP contribution in [-0.2, 0) is 67.0 Å². The summed E-state index contributed by atoms with van der Waals surface area (Å²) in [5, 5.41) is 17.5. The maximum Gasteiger partial charge on any atom is 0.302 e. The van der Waals surface area contributed by atoms with Gasteiger partial charge in [0.25, 0.3) is 0 Å². The summed E-state index contributed by atoms with van der Waals surface area (Å²) in [6.45, 7) is 36.6. The monoisotopic (exact) mass is 1370 g/mol. The summed E-state index contributed by atoms with van der Waals surface area (Å²) < 4.78 is 11.2. The molecule has 21 nitrogen and oxygen atoms in total. The van der Waals surface area contributed by atoms with Crippen molar-refractivity contribution in [3.8, 4) is 0 Å². The van der Waals surface area contributed by atoms with E-state index in [-0.39, 0.29) is 82.3 Å². The molecule has 0 aromatic rings. The molecule has 0 saturated carbocycles. The minimum Gasteiger partial charge on any atom is -0.466 e. The number of carbonyl (C=O) groups is 12. The third-order valence-electron chi connectivity index (χ3n) is 18.7. The quantitative estimate of drug-likeness (QED) is 0.0460. The number of hydrogen-bond donors (Lipinski definition) is 3. The fraction of sp³-hybridized carbons (Fsp3) is 0.816. The van der Waals surface area contributed by atoms with Crippen molar-refractivity contribution in [2.75, 3.05) is 41.4 Å². The predicted molar refractivity (Wildman–Crippen MR) is 381 cm³/mol. The molecule has 0 aromatic carbocycles. The Hall–Kier alpha value is -5.70. The number of allylic oxidation sites excluding steroid dienone is 2. The molecule has 97 heavy (non-hydrogen) atoms. The second-order valence-electron chi connectivity index (χ2n) is 30.1. The van der Waals surface area contributed by atoms with Crippen LogP contribution in [-0.4, -0.2) is 185 Å². The summed E-state index contributed by atoms with van der Waals surface area (Å²) in [6.07, 6.45) is 6.59. The van der Waals surface area contributed by atoms with Gasteiger partial charge in [0.1, 0.15) is 12.1 Å². The van der Waals surface area contributed by atoms with E-state index in [2.05, 4.69) is 31.4 Å². The second-order valence-corrected chi connectivity index (χ2v) is 30.1. The number of nitrogens with zero attached hydrogens (tertiary/aromatic N) is 4. The lowest BCUT2D eigenvalue weighted by Gasteiger charge is -2.36. The molecule has 1 saturated heterocycles. The average molecular weight is 1370 g/mol. The molecule has 1 fully saturated rings. The minimum atomic E-state index is -1.40. The standard InChI is InChI=1S/C68H116N6O15.C8H18/c1-22-24-27-44(13)63(82)51-38-58(79)61(43(11)12)74(21)67(86)49(32-39(3)4)36-57(78)54(34-41(7)8)71(18)66(85)46(15)69-64(83)45(14)35-56(77)53(33-40(5)6)72(19)68(87)50(42(9)10)37-59(80)62(47(16)88-30-25-26-31-89-48(17)75)73(20)60(81)29-28-55(76)52(23-2)70-65(51)84;1-4-5-6-7-8(2)3/h22,24,39-47,49-54,61-63,82H,23,25-38H2,1-21H3,(H,69,83)(H,70,84);8H,4-7H2,1-3H3/b24-22+;/t44-,45-,46-,47-,49-,50+,51+,52+,53+,54+,61+,62+,63-;/m1./s1. The van der Waals surface area contributed by atoms with Crippen LogP contribution in [0.1, 0.15) is 248 Å². The number of aliphatic hydroxyl groups excluding tert-OH is 1. The van der Waals surface area contributed by atoms with Crippen LogP contribution in [0, 0.1) is 65.1 Å². The third-order valence-corrected chi connectivity index (χ3v) is 18.7. The first-order valence-electron chi connectivity index (χ1n) is 36.5. The summed E-state index contributed by atoms with van der Waals surface area (Å²) in [5.74, 6) is -11.7. The van der Waals surface area contributed by atoms with E-state index in [1.54, 1.807) is 61.5 Å². The van der Waals surface area contributed by atoms with Gasteiger partial charge in [0.05, 0.1) is 48.9 Å². The average Bonchev–Trinajstić information content (AvgIpc) is 0.853. The maximum absolute atomic E-state index is 14.9. The van der Waals surface area contributed by atoms with Crippen LogP contribution in [0.15, 0.2) is 12.2 Å². The van der Waals surface area contributed by atoms with Crippen LogP contribution in [0.3, 0.4) is 0 Å². The van der Waals surface area contributed by atoms with Crippen LogP contribution in [0.25, 0.3) is 0 Å². The van der Waals surface area contributed by atoms with Gasteiger partial charge in [-0.05, 0) is 107 Å². The van der Waals surface area contributed by atoms with Crippen LogP contribution in [0.4, 0.5) is 0 Å². The molecular weight excluding hydrogens is 1240 g/mol. The second kappa shape index (κ2) is 46.6. The molecule has 0 radical (unpaired) electrons. The molecule has 0 aromatic heterocycles. The van der Waals surface area contributed by atoms with Gasteiger partial charge >= 0.3 is 5.97 Å². The zero-order valence-electron chi connectivity index (χ0n) is 64.5. The zero-order chi connectivity index (χ0) is 74.9. The van der Waals surface area contributed by atoms with Crippen LogP contribution >= 0.6 is 0 Å². The number of unbranched alkanes of at least 4 members (excludes halogenated alkanes) is 3. The molecular formula is C76H134N6O15. The third kappa shape index (κ3) is 32.4. The Labute approximate surface area is 585 Å². The molecule has 1 aliphatic heterocycles. The van der Waals surface area contributed by atoms with E-state index < -0.39 is 173 Å². The Bertz CT molecular complexity index is 2530. The molecule has 3 N–H and O–H groups in total. The topological polar surface area (TPSA) is 281 Å². The number of nitrogens with one attached hydrogen (secondary N) is 2. The van der Waals surface area contributed by atoms with Gasteiger partial charge in [-0.15, -0.1) is 0 Å².